The number of H-pyrrole nitrogens is 1. The summed E-state index contributed by atoms with van der Waals surface area (Å²) in [5.74, 6) is 0.0476. The van der Waals surface area contributed by atoms with E-state index in [1.165, 1.54) is 0 Å². The van der Waals surface area contributed by atoms with Gasteiger partial charge in [-0.3, -0.25) is 9.89 Å². The van der Waals surface area contributed by atoms with Gasteiger partial charge >= 0.3 is 0 Å². The number of para-hydroxylation sites is 1. The molecule has 0 bridgehead atoms. The summed E-state index contributed by atoms with van der Waals surface area (Å²) in [4.78, 5) is 14.7. The number of nitrogens with zero attached hydrogens (tertiary/aromatic N) is 2. The number of amides is 1. The largest absolute Gasteiger partial charge is 0.373 e. The van der Waals surface area contributed by atoms with Crippen LogP contribution in [0.15, 0.2) is 48.5 Å². The van der Waals surface area contributed by atoms with Gasteiger partial charge < -0.3 is 14.4 Å². The molecule has 1 N–H and O–H groups in total. The second-order valence-electron chi connectivity index (χ2n) is 7.47. The highest BCUT2D eigenvalue weighted by molar-refractivity contribution is 5.95. The molecule has 1 amide bonds. The second-order valence-corrected chi connectivity index (χ2v) is 7.47. The fourth-order valence-electron chi connectivity index (χ4n) is 4.04. The van der Waals surface area contributed by atoms with E-state index in [0.29, 0.717) is 31.9 Å². The molecule has 2 aliphatic heterocycles. The van der Waals surface area contributed by atoms with Crippen LogP contribution < -0.4 is 0 Å². The van der Waals surface area contributed by atoms with E-state index in [0.717, 1.165) is 28.6 Å². The first kappa shape index (κ1) is 18.1. The van der Waals surface area contributed by atoms with Crippen molar-refractivity contribution >= 4 is 29.0 Å². The van der Waals surface area contributed by atoms with Crippen molar-refractivity contribution < 1.29 is 14.3 Å². The van der Waals surface area contributed by atoms with Gasteiger partial charge in [0.15, 0.2) is 0 Å². The highest BCUT2D eigenvalue weighted by Gasteiger charge is 2.35. The molecule has 0 spiro atoms. The van der Waals surface area contributed by atoms with Crippen molar-refractivity contribution in [2.75, 3.05) is 26.3 Å². The molecule has 1 aromatic heterocycles. The van der Waals surface area contributed by atoms with Gasteiger partial charge in [-0.25, -0.2) is 0 Å². The predicted octanol–water partition coefficient (Wildman–Crippen LogP) is 3.36. The second kappa shape index (κ2) is 7.81. The fourth-order valence-corrected chi connectivity index (χ4v) is 4.04. The average Bonchev–Trinajstić information content (AvgIpc) is 3.20. The van der Waals surface area contributed by atoms with Crippen molar-refractivity contribution in [3.8, 4) is 0 Å². The van der Waals surface area contributed by atoms with E-state index in [1.807, 2.05) is 65.6 Å². The number of rotatable bonds is 3. The van der Waals surface area contributed by atoms with Crippen molar-refractivity contribution in [2.45, 2.75) is 18.6 Å². The van der Waals surface area contributed by atoms with Crippen molar-refractivity contribution in [3.63, 3.8) is 0 Å². The predicted molar refractivity (Wildman–Crippen MR) is 111 cm³/mol. The zero-order valence-electron chi connectivity index (χ0n) is 16.1. The van der Waals surface area contributed by atoms with E-state index >= 15 is 0 Å². The molecule has 6 heteroatoms. The number of ether oxygens (including phenoxy) is 2. The zero-order chi connectivity index (χ0) is 19.6. The van der Waals surface area contributed by atoms with Crippen LogP contribution in [0, 0.1) is 0 Å². The minimum Gasteiger partial charge on any atom is -0.373 e. The molecule has 2 atom stereocenters. The van der Waals surface area contributed by atoms with E-state index in [2.05, 4.69) is 10.2 Å². The van der Waals surface area contributed by atoms with E-state index in [9.17, 15) is 4.79 Å². The number of nitrogens with one attached hydrogen (secondary N) is 1. The number of aromatic amines is 1. The number of piperidine rings is 1. The Hall–Kier alpha value is -2.96. The Morgan fingerprint density at radius 1 is 1.03 bits per heavy atom. The minimum atomic E-state index is -0.00710. The molecule has 0 radical (unpaired) electrons. The first-order valence-corrected chi connectivity index (χ1v) is 10.0. The Morgan fingerprint density at radius 2 is 1.83 bits per heavy atom. The molecule has 2 fully saturated rings. The molecule has 2 unspecified atom stereocenters. The Balaban J connectivity index is 1.27. The Labute approximate surface area is 169 Å². The van der Waals surface area contributed by atoms with Crippen molar-refractivity contribution in [3.05, 3.63) is 65.4 Å². The first-order chi connectivity index (χ1) is 14.3. The van der Waals surface area contributed by atoms with Gasteiger partial charge in [0.2, 0.25) is 0 Å². The van der Waals surface area contributed by atoms with Crippen LogP contribution in [0.5, 0.6) is 0 Å². The van der Waals surface area contributed by atoms with Crippen molar-refractivity contribution in [1.29, 1.82) is 0 Å². The molecule has 2 aliphatic rings. The summed E-state index contributed by atoms with van der Waals surface area (Å²) in [6.45, 7) is 2.56. The Kier molecular flexibility index (Phi) is 4.87. The Morgan fingerprint density at radius 3 is 2.69 bits per heavy atom. The highest BCUT2D eigenvalue weighted by Crippen LogP contribution is 2.22. The summed E-state index contributed by atoms with van der Waals surface area (Å²) in [5.41, 5.74) is 3.64. The fraction of sp³-hybridized carbons (Fsp3) is 0.304. The minimum absolute atomic E-state index is 0.00710. The van der Waals surface area contributed by atoms with Gasteiger partial charge in [0.05, 0.1) is 30.5 Å². The molecule has 3 aromatic rings. The summed E-state index contributed by atoms with van der Waals surface area (Å²) < 4.78 is 11.5. The molecule has 2 saturated heterocycles. The number of aromatic nitrogens is 2. The van der Waals surface area contributed by atoms with Crippen LogP contribution in [0.3, 0.4) is 0 Å². The third-order valence-electron chi connectivity index (χ3n) is 5.62. The van der Waals surface area contributed by atoms with Crippen LogP contribution in [0.2, 0.25) is 0 Å². The normalized spacial score (nSPS) is 22.1. The van der Waals surface area contributed by atoms with Gasteiger partial charge in [-0.05, 0) is 36.3 Å². The molecule has 5 rings (SSSR count). The molecule has 29 heavy (non-hydrogen) atoms. The molecule has 2 aromatic carbocycles. The number of hydrogen-bond donors (Lipinski definition) is 1. The number of carbonyl (C=O) groups excluding carboxylic acids is 1. The van der Waals surface area contributed by atoms with Crippen LogP contribution in [0.25, 0.3) is 23.1 Å². The lowest BCUT2D eigenvalue weighted by Crippen LogP contribution is -2.53. The molecular formula is C23H23N3O3. The highest BCUT2D eigenvalue weighted by atomic mass is 16.6. The molecule has 6 nitrogen and oxygen atoms in total. The lowest BCUT2D eigenvalue weighted by Gasteiger charge is -2.40. The van der Waals surface area contributed by atoms with Gasteiger partial charge in [0.25, 0.3) is 5.91 Å². The van der Waals surface area contributed by atoms with Crippen LogP contribution in [0.1, 0.15) is 28.0 Å². The SMILES string of the molecule is O=C(c1ccc(C=Cc2n[nH]c3ccccc23)cc1)N1CCC2OCCOC2C1. The van der Waals surface area contributed by atoms with E-state index in [1.54, 1.807) is 0 Å². The maximum Gasteiger partial charge on any atom is 0.253 e. The molecular weight excluding hydrogens is 366 g/mol. The summed E-state index contributed by atoms with van der Waals surface area (Å²) in [7, 11) is 0. The number of hydrogen-bond acceptors (Lipinski definition) is 4. The number of likely N-dealkylation sites (tertiary alicyclic amines) is 1. The third kappa shape index (κ3) is 3.69. The topological polar surface area (TPSA) is 67.5 Å². The van der Waals surface area contributed by atoms with Crippen molar-refractivity contribution in [1.82, 2.24) is 15.1 Å². The smallest absolute Gasteiger partial charge is 0.253 e. The lowest BCUT2D eigenvalue weighted by atomic mass is 10.0. The summed E-state index contributed by atoms with van der Waals surface area (Å²) in [5, 5.41) is 8.48. The van der Waals surface area contributed by atoms with Crippen LogP contribution in [0.4, 0.5) is 0 Å². The lowest BCUT2D eigenvalue weighted by molar-refractivity contribution is -0.160. The van der Waals surface area contributed by atoms with Gasteiger partial charge in [0.1, 0.15) is 6.10 Å². The molecule has 3 heterocycles. The number of fused-ring (bicyclic) bond motifs is 2. The molecule has 0 aliphatic carbocycles. The summed E-state index contributed by atoms with van der Waals surface area (Å²) in [6, 6.07) is 15.7. The third-order valence-corrected chi connectivity index (χ3v) is 5.62. The molecule has 0 saturated carbocycles. The van der Waals surface area contributed by atoms with Gasteiger partial charge in [-0.2, -0.15) is 5.10 Å². The standard InChI is InChI=1S/C23H23N3O3/c27-23(26-12-11-21-22(15-26)29-14-13-28-21)17-8-5-16(6-9-17)7-10-20-18-3-1-2-4-19(18)24-25-20/h1-10,21-22H,11-15H2,(H,24,25). The quantitative estimate of drug-likeness (QED) is 0.746. The maximum absolute atomic E-state index is 12.9. The van der Waals surface area contributed by atoms with Gasteiger partial charge in [-0.15, -0.1) is 0 Å². The van der Waals surface area contributed by atoms with Crippen LogP contribution in [-0.4, -0.2) is 59.5 Å². The average molecular weight is 389 g/mol. The number of benzene rings is 2. The van der Waals surface area contributed by atoms with E-state index in [-0.39, 0.29) is 18.1 Å². The van der Waals surface area contributed by atoms with E-state index in [4.69, 9.17) is 9.47 Å². The van der Waals surface area contributed by atoms with Crippen LogP contribution >= 0.6 is 0 Å². The monoisotopic (exact) mass is 389 g/mol. The van der Waals surface area contributed by atoms with Crippen molar-refractivity contribution in [2.24, 2.45) is 0 Å². The number of carbonyl (C=O) groups is 1. The first-order valence-electron chi connectivity index (χ1n) is 10.0. The van der Waals surface area contributed by atoms with E-state index < -0.39 is 0 Å². The summed E-state index contributed by atoms with van der Waals surface area (Å²) >= 11 is 0. The van der Waals surface area contributed by atoms with Gasteiger partial charge in [0, 0.05) is 24.0 Å². The summed E-state index contributed by atoms with van der Waals surface area (Å²) in [6.07, 6.45) is 4.94. The maximum atomic E-state index is 12.9. The zero-order valence-corrected chi connectivity index (χ0v) is 16.1. The molecule has 148 valence electrons. The Bertz CT molecular complexity index is 1040. The van der Waals surface area contributed by atoms with Gasteiger partial charge in [-0.1, -0.05) is 36.4 Å². The van der Waals surface area contributed by atoms with Crippen LogP contribution in [-0.2, 0) is 9.47 Å².